The van der Waals surface area contributed by atoms with Gasteiger partial charge in [-0.05, 0) is 36.3 Å². The van der Waals surface area contributed by atoms with E-state index in [4.69, 9.17) is 4.74 Å². The Bertz CT molecular complexity index is 484. The number of fused-ring (bicyclic) bond motifs is 1. The maximum atomic E-state index is 11.5. The van der Waals surface area contributed by atoms with E-state index in [1.807, 2.05) is 6.92 Å². The van der Waals surface area contributed by atoms with Gasteiger partial charge in [0.15, 0.2) is 0 Å². The number of hydrogen-bond acceptors (Lipinski definition) is 2. The molecule has 2 unspecified atom stereocenters. The molecule has 1 aliphatic heterocycles. The molecule has 1 amide bonds. The number of hydrogen-bond donors (Lipinski definition) is 1. The Hall–Kier alpha value is -1.51. The predicted molar refractivity (Wildman–Crippen MR) is 74.4 cm³/mol. The van der Waals surface area contributed by atoms with Crippen molar-refractivity contribution in [3.8, 4) is 5.75 Å². The molecule has 3 heteroatoms. The second-order valence-electron chi connectivity index (χ2n) is 5.58. The highest BCUT2D eigenvalue weighted by Crippen LogP contribution is 2.50. The fourth-order valence-corrected chi connectivity index (χ4v) is 3.01. The summed E-state index contributed by atoms with van der Waals surface area (Å²) in [7, 11) is 0. The van der Waals surface area contributed by atoms with Gasteiger partial charge >= 0.3 is 0 Å². The van der Waals surface area contributed by atoms with Gasteiger partial charge in [-0.25, -0.2) is 0 Å². The molecule has 2 aliphatic rings. The van der Waals surface area contributed by atoms with Crippen LogP contribution in [0.1, 0.15) is 43.2 Å². The zero-order chi connectivity index (χ0) is 13.2. The van der Waals surface area contributed by atoms with Crippen molar-refractivity contribution in [2.24, 2.45) is 5.92 Å². The Labute approximate surface area is 114 Å². The van der Waals surface area contributed by atoms with Gasteiger partial charge in [0.05, 0.1) is 6.61 Å². The lowest BCUT2D eigenvalue weighted by atomic mass is 10.00. The van der Waals surface area contributed by atoms with Crippen LogP contribution in [0, 0.1) is 5.92 Å². The van der Waals surface area contributed by atoms with Gasteiger partial charge in [0.1, 0.15) is 5.75 Å². The highest BCUT2D eigenvalue weighted by Gasteiger charge is 2.40. The molecule has 3 rings (SSSR count). The summed E-state index contributed by atoms with van der Waals surface area (Å²) in [6, 6.07) is 6.38. The van der Waals surface area contributed by atoms with Gasteiger partial charge in [-0.3, -0.25) is 4.79 Å². The van der Waals surface area contributed by atoms with Gasteiger partial charge in [0, 0.05) is 24.9 Å². The normalized spacial score (nSPS) is 23.6. The Morgan fingerprint density at radius 3 is 3.21 bits per heavy atom. The second kappa shape index (κ2) is 5.24. The van der Waals surface area contributed by atoms with E-state index < -0.39 is 0 Å². The summed E-state index contributed by atoms with van der Waals surface area (Å²) in [4.78, 5) is 11.5. The maximum absolute atomic E-state index is 11.5. The third kappa shape index (κ3) is 2.60. The molecule has 0 spiro atoms. The highest BCUT2D eigenvalue weighted by atomic mass is 16.5. The molecule has 1 aromatic rings. The lowest BCUT2D eigenvalue weighted by Crippen LogP contribution is -2.25. The zero-order valence-electron chi connectivity index (χ0n) is 11.4. The largest absolute Gasteiger partial charge is 0.493 e. The van der Waals surface area contributed by atoms with E-state index in [9.17, 15) is 4.79 Å². The van der Waals surface area contributed by atoms with Crippen molar-refractivity contribution >= 4 is 5.91 Å². The Balaban J connectivity index is 1.58. The number of carbonyl (C=O) groups excluding carboxylic acids is 1. The van der Waals surface area contributed by atoms with Crippen LogP contribution in [-0.4, -0.2) is 19.1 Å². The topological polar surface area (TPSA) is 38.3 Å². The second-order valence-corrected chi connectivity index (χ2v) is 5.58. The van der Waals surface area contributed by atoms with E-state index in [2.05, 4.69) is 23.5 Å². The first-order valence-corrected chi connectivity index (χ1v) is 7.31. The summed E-state index contributed by atoms with van der Waals surface area (Å²) in [5, 5.41) is 3.04. The van der Waals surface area contributed by atoms with Crippen LogP contribution in [0.5, 0.6) is 5.75 Å². The van der Waals surface area contributed by atoms with Crippen molar-refractivity contribution in [3.63, 3.8) is 0 Å². The molecule has 1 heterocycles. The van der Waals surface area contributed by atoms with Crippen molar-refractivity contribution in [1.82, 2.24) is 5.32 Å². The molecule has 0 radical (unpaired) electrons. The van der Waals surface area contributed by atoms with E-state index in [0.29, 0.717) is 18.3 Å². The summed E-state index contributed by atoms with van der Waals surface area (Å²) in [6.45, 7) is 3.68. The van der Waals surface area contributed by atoms with Gasteiger partial charge in [0.2, 0.25) is 5.91 Å². The van der Waals surface area contributed by atoms with Gasteiger partial charge < -0.3 is 10.1 Å². The third-order valence-electron chi connectivity index (χ3n) is 4.14. The van der Waals surface area contributed by atoms with Crippen LogP contribution in [0.3, 0.4) is 0 Å². The monoisotopic (exact) mass is 259 g/mol. The molecule has 1 saturated carbocycles. The highest BCUT2D eigenvalue weighted by molar-refractivity contribution is 5.75. The van der Waals surface area contributed by atoms with Crippen molar-refractivity contribution in [2.45, 2.75) is 38.5 Å². The first-order chi connectivity index (χ1) is 9.29. The van der Waals surface area contributed by atoms with Crippen LogP contribution < -0.4 is 10.1 Å². The van der Waals surface area contributed by atoms with Gasteiger partial charge in [-0.1, -0.05) is 19.1 Å². The average Bonchev–Trinajstić information content (AvgIpc) is 3.02. The van der Waals surface area contributed by atoms with Crippen LogP contribution in [0.4, 0.5) is 0 Å². The van der Waals surface area contributed by atoms with E-state index in [0.717, 1.165) is 31.7 Å². The van der Waals surface area contributed by atoms with Crippen LogP contribution >= 0.6 is 0 Å². The minimum Gasteiger partial charge on any atom is -0.493 e. The summed E-state index contributed by atoms with van der Waals surface area (Å²) in [5.41, 5.74) is 2.85. The molecule has 3 nitrogen and oxygen atoms in total. The van der Waals surface area contributed by atoms with Crippen LogP contribution in [-0.2, 0) is 11.2 Å². The minimum atomic E-state index is 0.190. The molecule has 1 fully saturated rings. The standard InChI is InChI=1S/C16H21NO2/c1-2-4-16(18)17-10-11-9-14(11)12-5-3-6-15-13(12)7-8-19-15/h3,5-6,11,14H,2,4,7-10H2,1H3,(H,17,18). The molecule has 1 aromatic carbocycles. The van der Waals surface area contributed by atoms with Gasteiger partial charge in [0.25, 0.3) is 0 Å². The van der Waals surface area contributed by atoms with Crippen LogP contribution in [0.25, 0.3) is 0 Å². The number of ether oxygens (including phenoxy) is 1. The van der Waals surface area contributed by atoms with Crippen molar-refractivity contribution in [1.29, 1.82) is 0 Å². The summed E-state index contributed by atoms with van der Waals surface area (Å²) in [6.07, 6.45) is 3.80. The minimum absolute atomic E-state index is 0.190. The van der Waals surface area contributed by atoms with E-state index in [-0.39, 0.29) is 5.91 Å². The van der Waals surface area contributed by atoms with Crippen molar-refractivity contribution in [2.75, 3.05) is 13.2 Å². The van der Waals surface area contributed by atoms with Crippen molar-refractivity contribution in [3.05, 3.63) is 29.3 Å². The third-order valence-corrected chi connectivity index (χ3v) is 4.14. The molecule has 0 saturated heterocycles. The van der Waals surface area contributed by atoms with Gasteiger partial charge in [-0.15, -0.1) is 0 Å². The summed E-state index contributed by atoms with van der Waals surface area (Å²) < 4.78 is 5.61. The fraction of sp³-hybridized carbons (Fsp3) is 0.562. The van der Waals surface area contributed by atoms with E-state index >= 15 is 0 Å². The number of rotatable bonds is 5. The van der Waals surface area contributed by atoms with E-state index in [1.54, 1.807) is 0 Å². The number of carbonyl (C=O) groups is 1. The molecule has 0 bridgehead atoms. The predicted octanol–water partition coefficient (Wildman–Crippen LogP) is 2.64. The summed E-state index contributed by atoms with van der Waals surface area (Å²) >= 11 is 0. The quantitative estimate of drug-likeness (QED) is 0.882. The maximum Gasteiger partial charge on any atom is 0.219 e. The SMILES string of the molecule is CCCC(=O)NCC1CC1c1cccc2c1CCO2. The molecule has 19 heavy (non-hydrogen) atoms. The van der Waals surface area contributed by atoms with Crippen LogP contribution in [0.15, 0.2) is 18.2 Å². The average molecular weight is 259 g/mol. The lowest BCUT2D eigenvalue weighted by molar-refractivity contribution is -0.121. The Morgan fingerprint density at radius 2 is 2.37 bits per heavy atom. The molecular formula is C16H21NO2. The Morgan fingerprint density at radius 1 is 1.47 bits per heavy atom. The molecule has 0 aromatic heterocycles. The molecule has 102 valence electrons. The number of benzene rings is 1. The van der Waals surface area contributed by atoms with Crippen molar-refractivity contribution < 1.29 is 9.53 Å². The first kappa shape index (κ1) is 12.5. The Kier molecular flexibility index (Phi) is 3.45. The number of amides is 1. The fourth-order valence-electron chi connectivity index (χ4n) is 3.01. The smallest absolute Gasteiger partial charge is 0.219 e. The zero-order valence-corrected chi connectivity index (χ0v) is 11.4. The number of nitrogens with one attached hydrogen (secondary N) is 1. The molecular weight excluding hydrogens is 238 g/mol. The van der Waals surface area contributed by atoms with Gasteiger partial charge in [-0.2, -0.15) is 0 Å². The molecule has 1 N–H and O–H groups in total. The lowest BCUT2D eigenvalue weighted by Gasteiger charge is -2.07. The summed E-state index contributed by atoms with van der Waals surface area (Å²) in [5.74, 6) is 2.50. The van der Waals surface area contributed by atoms with E-state index in [1.165, 1.54) is 17.5 Å². The first-order valence-electron chi connectivity index (χ1n) is 7.31. The van der Waals surface area contributed by atoms with Crippen LogP contribution in [0.2, 0.25) is 0 Å². The molecule has 2 atom stereocenters. The molecule has 1 aliphatic carbocycles.